The van der Waals surface area contributed by atoms with Crippen LogP contribution in [-0.4, -0.2) is 29.3 Å². The van der Waals surface area contributed by atoms with E-state index in [9.17, 15) is 9.18 Å². The molecular formula is C24H25FN2O4. The van der Waals surface area contributed by atoms with E-state index in [1.54, 1.807) is 12.1 Å². The summed E-state index contributed by atoms with van der Waals surface area (Å²) in [6, 6.07) is 16.0. The van der Waals surface area contributed by atoms with Crippen LogP contribution < -0.4 is 10.1 Å². The van der Waals surface area contributed by atoms with Crippen LogP contribution in [0.2, 0.25) is 0 Å². The Morgan fingerprint density at radius 1 is 1.16 bits per heavy atom. The Labute approximate surface area is 179 Å². The molecule has 1 fully saturated rings. The minimum absolute atomic E-state index is 0.0627. The number of carboxylic acid groups (broad SMARTS) is 1. The second-order valence-electron chi connectivity index (χ2n) is 7.86. The van der Waals surface area contributed by atoms with Gasteiger partial charge in [0.1, 0.15) is 17.9 Å². The van der Waals surface area contributed by atoms with Crippen LogP contribution in [0.5, 0.6) is 5.75 Å². The van der Waals surface area contributed by atoms with Crippen molar-refractivity contribution in [2.45, 2.75) is 37.5 Å². The molecule has 0 aliphatic heterocycles. The number of carbonyl (C=O) groups is 1. The maximum absolute atomic E-state index is 12.9. The second-order valence-corrected chi connectivity index (χ2v) is 7.86. The Balaban J connectivity index is 1.37. The van der Waals surface area contributed by atoms with Gasteiger partial charge < -0.3 is 19.6 Å². The highest BCUT2D eigenvalue weighted by atomic mass is 19.1. The van der Waals surface area contributed by atoms with Gasteiger partial charge in [-0.2, -0.15) is 0 Å². The molecule has 0 saturated heterocycles. The van der Waals surface area contributed by atoms with Crippen LogP contribution in [0.3, 0.4) is 0 Å². The van der Waals surface area contributed by atoms with Crippen LogP contribution in [0.1, 0.15) is 49.0 Å². The summed E-state index contributed by atoms with van der Waals surface area (Å²) >= 11 is 0. The first kappa shape index (κ1) is 20.9. The molecule has 1 aliphatic carbocycles. The van der Waals surface area contributed by atoms with Crippen molar-refractivity contribution in [1.29, 1.82) is 0 Å². The van der Waals surface area contributed by atoms with Crippen molar-refractivity contribution in [3.05, 3.63) is 71.9 Å². The zero-order valence-electron chi connectivity index (χ0n) is 17.1. The fourth-order valence-electron chi connectivity index (χ4n) is 4.07. The molecule has 0 radical (unpaired) electrons. The molecule has 2 aromatic carbocycles. The van der Waals surface area contributed by atoms with E-state index in [0.717, 1.165) is 37.1 Å². The summed E-state index contributed by atoms with van der Waals surface area (Å²) in [6.45, 7) is -0.195. The molecule has 0 atom stereocenters. The summed E-state index contributed by atoms with van der Waals surface area (Å²) in [5.74, 6) is 2.17. The predicted molar refractivity (Wildman–Crippen MR) is 115 cm³/mol. The Morgan fingerprint density at radius 3 is 2.61 bits per heavy atom. The first-order chi connectivity index (χ1) is 15.1. The van der Waals surface area contributed by atoms with E-state index in [0.29, 0.717) is 29.5 Å². The molecule has 0 spiro atoms. The van der Waals surface area contributed by atoms with Gasteiger partial charge in [-0.1, -0.05) is 30.3 Å². The number of halogens is 1. The van der Waals surface area contributed by atoms with Crippen LogP contribution in [0.15, 0.2) is 64.9 Å². The Morgan fingerprint density at radius 2 is 1.90 bits per heavy atom. The van der Waals surface area contributed by atoms with Gasteiger partial charge in [-0.25, -0.2) is 14.2 Å². The number of nitrogens with one attached hydrogen (secondary N) is 1. The number of oxazole rings is 1. The van der Waals surface area contributed by atoms with Gasteiger partial charge in [0.15, 0.2) is 11.5 Å². The molecule has 3 aromatic rings. The van der Waals surface area contributed by atoms with Crippen molar-refractivity contribution in [3.8, 4) is 5.75 Å². The lowest BCUT2D eigenvalue weighted by atomic mass is 9.79. The average molecular weight is 424 g/mol. The zero-order valence-corrected chi connectivity index (χ0v) is 17.1. The van der Waals surface area contributed by atoms with Crippen molar-refractivity contribution < 1.29 is 23.4 Å². The summed E-state index contributed by atoms with van der Waals surface area (Å²) in [7, 11) is 0. The van der Waals surface area contributed by atoms with E-state index in [1.807, 2.05) is 12.1 Å². The number of ether oxygens (including phenoxy) is 1. The minimum Gasteiger partial charge on any atom is -0.489 e. The van der Waals surface area contributed by atoms with Gasteiger partial charge in [-0.05, 0) is 49.3 Å². The Bertz CT molecular complexity index is 1060. The van der Waals surface area contributed by atoms with Crippen LogP contribution in [-0.2, 0) is 0 Å². The van der Waals surface area contributed by atoms with Crippen molar-refractivity contribution in [2.75, 3.05) is 13.2 Å². The molecule has 1 heterocycles. The first-order valence-corrected chi connectivity index (χ1v) is 10.5. The van der Waals surface area contributed by atoms with Gasteiger partial charge in [0, 0.05) is 24.1 Å². The topological polar surface area (TPSA) is 84.6 Å². The van der Waals surface area contributed by atoms with Crippen molar-refractivity contribution >= 4 is 17.2 Å². The lowest BCUT2D eigenvalue weighted by Gasteiger charge is -2.27. The van der Waals surface area contributed by atoms with Gasteiger partial charge in [-0.3, -0.25) is 0 Å². The van der Waals surface area contributed by atoms with Gasteiger partial charge in [0.2, 0.25) is 0 Å². The first-order valence-electron chi connectivity index (χ1n) is 10.5. The Kier molecular flexibility index (Phi) is 6.50. The third kappa shape index (κ3) is 5.23. The number of aromatic nitrogens is 1. The molecule has 6 nitrogen and oxygen atoms in total. The van der Waals surface area contributed by atoms with Crippen LogP contribution in [0.25, 0.3) is 11.1 Å². The Hall–Kier alpha value is -3.35. The zero-order chi connectivity index (χ0) is 21.6. The minimum atomic E-state index is -1.22. The number of rotatable bonds is 7. The highest BCUT2D eigenvalue weighted by molar-refractivity contribution is 5.74. The molecule has 0 bridgehead atoms. The van der Waals surface area contributed by atoms with E-state index >= 15 is 0 Å². The lowest BCUT2D eigenvalue weighted by molar-refractivity contribution is 0.195. The fourth-order valence-corrected chi connectivity index (χ4v) is 4.07. The maximum atomic E-state index is 12.9. The molecule has 1 aromatic heterocycles. The molecule has 7 heteroatoms. The molecule has 0 unspecified atom stereocenters. The number of hydrogen-bond acceptors (Lipinski definition) is 4. The molecule has 1 amide bonds. The van der Waals surface area contributed by atoms with E-state index in [-0.39, 0.29) is 18.7 Å². The van der Waals surface area contributed by atoms with E-state index in [2.05, 4.69) is 34.6 Å². The maximum Gasteiger partial charge on any atom is 0.404 e. The summed E-state index contributed by atoms with van der Waals surface area (Å²) in [5.41, 5.74) is 2.99. The molecule has 2 N–H and O–H groups in total. The lowest BCUT2D eigenvalue weighted by Crippen LogP contribution is -2.25. The van der Waals surface area contributed by atoms with Crippen molar-refractivity contribution in [3.63, 3.8) is 0 Å². The number of benzene rings is 2. The summed E-state index contributed by atoms with van der Waals surface area (Å²) in [5, 5.41) is 10.7. The van der Waals surface area contributed by atoms with Gasteiger partial charge in [-0.15, -0.1) is 0 Å². The molecule has 162 valence electrons. The molecule has 4 rings (SSSR count). The van der Waals surface area contributed by atoms with Crippen LogP contribution >= 0.6 is 0 Å². The molecule has 1 aliphatic rings. The highest BCUT2D eigenvalue weighted by Crippen LogP contribution is 2.41. The molecule has 31 heavy (non-hydrogen) atoms. The summed E-state index contributed by atoms with van der Waals surface area (Å²) in [6.07, 6.45) is 3.45. The monoisotopic (exact) mass is 424 g/mol. The highest BCUT2D eigenvalue weighted by Gasteiger charge is 2.26. The third-order valence-corrected chi connectivity index (χ3v) is 5.77. The normalized spacial score (nSPS) is 19.3. The van der Waals surface area contributed by atoms with Crippen molar-refractivity contribution in [1.82, 2.24) is 10.3 Å². The summed E-state index contributed by atoms with van der Waals surface area (Å²) < 4.78 is 24.5. The number of nitrogens with zero attached hydrogens (tertiary/aromatic N) is 1. The van der Waals surface area contributed by atoms with E-state index < -0.39 is 6.09 Å². The van der Waals surface area contributed by atoms with Gasteiger partial charge >= 0.3 is 6.09 Å². The number of amides is 1. The largest absolute Gasteiger partial charge is 0.489 e. The number of hydrogen-bond donors (Lipinski definition) is 2. The molecule has 1 saturated carbocycles. The predicted octanol–water partition coefficient (Wildman–Crippen LogP) is 5.77. The SMILES string of the molecule is O=C(O)NC/C(=C\F)COc1ccc2nc(C3CCC(c4ccccc4)CC3)oc2c1. The molecular weight excluding hydrogens is 399 g/mol. The fraction of sp³-hybridized carbons (Fsp3) is 0.333. The average Bonchev–Trinajstić information content (AvgIpc) is 3.23. The van der Waals surface area contributed by atoms with Crippen LogP contribution in [0.4, 0.5) is 9.18 Å². The number of fused-ring (bicyclic) bond motifs is 1. The van der Waals surface area contributed by atoms with E-state index in [1.165, 1.54) is 5.56 Å². The van der Waals surface area contributed by atoms with Crippen molar-refractivity contribution in [2.24, 2.45) is 0 Å². The standard InChI is InChI=1S/C24H25FN2O4/c25-13-16(14-26-24(28)29)15-30-20-10-11-21-22(12-20)31-23(27-21)19-8-6-18(7-9-19)17-4-2-1-3-5-17/h1-5,10-13,18-19,26H,6-9,14-15H2,(H,28,29)/b16-13+. The second kappa shape index (κ2) is 9.64. The van der Waals surface area contributed by atoms with Gasteiger partial charge in [0.05, 0.1) is 6.33 Å². The van der Waals surface area contributed by atoms with Crippen LogP contribution in [0, 0.1) is 0 Å². The van der Waals surface area contributed by atoms with Gasteiger partial charge in [0.25, 0.3) is 0 Å². The summed E-state index contributed by atoms with van der Waals surface area (Å²) in [4.78, 5) is 15.2. The van der Waals surface area contributed by atoms with E-state index in [4.69, 9.17) is 14.3 Å². The smallest absolute Gasteiger partial charge is 0.404 e. The third-order valence-electron chi connectivity index (χ3n) is 5.77. The quantitative estimate of drug-likeness (QED) is 0.503.